The van der Waals surface area contributed by atoms with Gasteiger partial charge in [-0.25, -0.2) is 4.79 Å². The fraction of sp³-hybridized carbons (Fsp3) is 0.167. The molecule has 1 aliphatic heterocycles. The molecule has 2 aromatic carbocycles. The van der Waals surface area contributed by atoms with Crippen LogP contribution in [0.5, 0.6) is 0 Å². The highest BCUT2D eigenvalue weighted by atomic mass is 16.2. The third kappa shape index (κ3) is 3.45. The summed E-state index contributed by atoms with van der Waals surface area (Å²) in [5, 5.41) is 6.41. The van der Waals surface area contributed by atoms with Crippen molar-refractivity contribution in [2.75, 3.05) is 10.7 Å². The number of nitrogens with one attached hydrogen (secondary N) is 3. The Morgan fingerprint density at radius 3 is 1.92 bits per heavy atom. The van der Waals surface area contributed by atoms with Crippen LogP contribution in [-0.4, -0.2) is 28.9 Å². The smallest absolute Gasteiger partial charge is 0.319 e. The van der Waals surface area contributed by atoms with E-state index < -0.39 is 0 Å². The van der Waals surface area contributed by atoms with Gasteiger partial charge in [0.15, 0.2) is 0 Å². The summed E-state index contributed by atoms with van der Waals surface area (Å²) in [4.78, 5) is 36.3. The quantitative estimate of drug-likeness (QED) is 0.748. The van der Waals surface area contributed by atoms with Gasteiger partial charge in [-0.05, 0) is 50.2 Å². The lowest BCUT2D eigenvalue weighted by Crippen LogP contribution is -2.35. The molecule has 3 N–H and O–H groups in total. The van der Waals surface area contributed by atoms with Gasteiger partial charge in [0.1, 0.15) is 0 Å². The molecule has 0 aromatic heterocycles. The maximum Gasteiger partial charge on any atom is 0.319 e. The highest BCUT2D eigenvalue weighted by Gasteiger charge is 2.35. The maximum atomic E-state index is 12.3. The molecular weight excluding hydrogens is 320 g/mol. The molecular formula is C18H18N4O3. The molecule has 0 bridgehead atoms. The van der Waals surface area contributed by atoms with Crippen LogP contribution in [0.15, 0.2) is 48.5 Å². The van der Waals surface area contributed by atoms with E-state index in [-0.39, 0.29) is 23.9 Å². The van der Waals surface area contributed by atoms with E-state index in [0.717, 1.165) is 5.01 Å². The second kappa shape index (κ2) is 6.64. The first kappa shape index (κ1) is 16.5. The molecule has 0 atom stereocenters. The molecule has 25 heavy (non-hydrogen) atoms. The third-order valence-electron chi connectivity index (χ3n) is 3.60. The fourth-order valence-electron chi connectivity index (χ4n) is 2.48. The largest absolute Gasteiger partial charge is 0.336 e. The van der Waals surface area contributed by atoms with Crippen LogP contribution in [0.3, 0.4) is 0 Å². The lowest BCUT2D eigenvalue weighted by Gasteiger charge is -2.17. The monoisotopic (exact) mass is 338 g/mol. The van der Waals surface area contributed by atoms with Crippen molar-refractivity contribution < 1.29 is 14.4 Å². The van der Waals surface area contributed by atoms with Crippen LogP contribution < -0.4 is 16.1 Å². The molecule has 1 heterocycles. The van der Waals surface area contributed by atoms with Crippen molar-refractivity contribution in [2.24, 2.45) is 0 Å². The van der Waals surface area contributed by atoms with Gasteiger partial charge in [-0.15, -0.1) is 0 Å². The van der Waals surface area contributed by atoms with Crippen molar-refractivity contribution in [1.29, 1.82) is 0 Å². The van der Waals surface area contributed by atoms with Crippen LogP contribution in [0.1, 0.15) is 34.6 Å². The first-order valence-corrected chi connectivity index (χ1v) is 7.88. The van der Waals surface area contributed by atoms with Crippen molar-refractivity contribution >= 4 is 29.2 Å². The van der Waals surface area contributed by atoms with Gasteiger partial charge in [0.2, 0.25) is 0 Å². The van der Waals surface area contributed by atoms with Gasteiger partial charge in [-0.3, -0.25) is 15.0 Å². The number of nitrogens with zero attached hydrogens (tertiary/aromatic N) is 1. The second-order valence-corrected chi connectivity index (χ2v) is 5.93. The van der Waals surface area contributed by atoms with E-state index in [9.17, 15) is 14.4 Å². The van der Waals surface area contributed by atoms with Crippen LogP contribution in [0.2, 0.25) is 0 Å². The van der Waals surface area contributed by atoms with Gasteiger partial charge in [-0.2, -0.15) is 5.01 Å². The summed E-state index contributed by atoms with van der Waals surface area (Å²) in [6.45, 7) is 3.74. The minimum absolute atomic E-state index is 0.0368. The van der Waals surface area contributed by atoms with Gasteiger partial charge >= 0.3 is 6.03 Å². The highest BCUT2D eigenvalue weighted by molar-refractivity contribution is 6.21. The number of anilines is 2. The molecule has 7 heteroatoms. The van der Waals surface area contributed by atoms with E-state index in [1.807, 2.05) is 13.8 Å². The Bertz CT molecular complexity index is 795. The summed E-state index contributed by atoms with van der Waals surface area (Å²) in [6.07, 6.45) is 0. The number of imide groups is 1. The van der Waals surface area contributed by atoms with Crippen molar-refractivity contribution in [3.05, 3.63) is 59.7 Å². The number of benzene rings is 2. The molecule has 3 rings (SSSR count). The molecule has 0 spiro atoms. The van der Waals surface area contributed by atoms with Crippen molar-refractivity contribution in [3.8, 4) is 0 Å². The van der Waals surface area contributed by atoms with Crippen LogP contribution >= 0.6 is 0 Å². The number of hydrazine groups is 1. The Labute approximate surface area is 145 Å². The lowest BCUT2D eigenvalue weighted by molar-refractivity contribution is 0.0691. The fourth-order valence-corrected chi connectivity index (χ4v) is 2.48. The molecule has 1 aliphatic rings. The van der Waals surface area contributed by atoms with Crippen LogP contribution in [0, 0.1) is 0 Å². The topological polar surface area (TPSA) is 90.5 Å². The molecule has 0 saturated carbocycles. The minimum Gasteiger partial charge on any atom is -0.336 e. The van der Waals surface area contributed by atoms with Crippen molar-refractivity contribution in [1.82, 2.24) is 10.3 Å². The number of rotatable bonds is 4. The number of hydrogen-bond donors (Lipinski definition) is 3. The summed E-state index contributed by atoms with van der Waals surface area (Å²) < 4.78 is 0. The zero-order valence-corrected chi connectivity index (χ0v) is 13.9. The summed E-state index contributed by atoms with van der Waals surface area (Å²) in [5.41, 5.74) is 4.73. The van der Waals surface area contributed by atoms with Gasteiger partial charge in [-0.1, -0.05) is 12.1 Å². The molecule has 0 aliphatic carbocycles. The summed E-state index contributed by atoms with van der Waals surface area (Å²) in [7, 11) is 0. The molecule has 0 radical (unpaired) electrons. The first-order valence-electron chi connectivity index (χ1n) is 7.88. The SMILES string of the molecule is CC(C)NC(=O)Nc1ccc(NN2C(=O)c3ccccc3C2=O)cc1. The average molecular weight is 338 g/mol. The van der Waals surface area contributed by atoms with E-state index >= 15 is 0 Å². The minimum atomic E-state index is -0.390. The Hall–Kier alpha value is -3.35. The van der Waals surface area contributed by atoms with Gasteiger partial charge in [0.25, 0.3) is 11.8 Å². The number of carbonyl (C=O) groups is 3. The van der Waals surface area contributed by atoms with Crippen molar-refractivity contribution in [3.63, 3.8) is 0 Å². The number of carbonyl (C=O) groups excluding carboxylic acids is 3. The Morgan fingerprint density at radius 1 is 0.880 bits per heavy atom. The zero-order chi connectivity index (χ0) is 18.0. The average Bonchev–Trinajstić information content (AvgIpc) is 2.81. The van der Waals surface area contributed by atoms with E-state index in [0.29, 0.717) is 22.5 Å². The van der Waals surface area contributed by atoms with Gasteiger partial charge in [0.05, 0.1) is 16.8 Å². The standard InChI is InChI=1S/C18H18N4O3/c1-11(2)19-18(25)20-12-7-9-13(10-8-12)21-22-16(23)14-5-3-4-6-15(14)17(22)24/h3-11,21H,1-2H3,(H2,19,20,25). The summed E-state index contributed by atoms with van der Waals surface area (Å²) >= 11 is 0. The molecule has 128 valence electrons. The highest BCUT2D eigenvalue weighted by Crippen LogP contribution is 2.23. The Morgan fingerprint density at radius 2 is 1.40 bits per heavy atom. The molecule has 0 unspecified atom stereocenters. The number of fused-ring (bicyclic) bond motifs is 1. The van der Waals surface area contributed by atoms with E-state index in [2.05, 4.69) is 16.1 Å². The Balaban J connectivity index is 1.68. The van der Waals surface area contributed by atoms with Crippen LogP contribution in [0.4, 0.5) is 16.2 Å². The number of urea groups is 1. The normalized spacial score (nSPS) is 13.0. The van der Waals surface area contributed by atoms with Gasteiger partial charge in [0, 0.05) is 11.7 Å². The Kier molecular flexibility index (Phi) is 4.38. The molecule has 4 amide bonds. The predicted octanol–water partition coefficient (Wildman–Crippen LogP) is 2.84. The molecule has 2 aromatic rings. The van der Waals surface area contributed by atoms with E-state index in [1.54, 1.807) is 48.5 Å². The lowest BCUT2D eigenvalue weighted by atomic mass is 10.1. The predicted molar refractivity (Wildman–Crippen MR) is 94.3 cm³/mol. The first-order chi connectivity index (χ1) is 12.0. The maximum absolute atomic E-state index is 12.3. The van der Waals surface area contributed by atoms with Crippen LogP contribution in [-0.2, 0) is 0 Å². The number of amides is 4. The van der Waals surface area contributed by atoms with E-state index in [4.69, 9.17) is 0 Å². The zero-order valence-electron chi connectivity index (χ0n) is 13.9. The van der Waals surface area contributed by atoms with Crippen molar-refractivity contribution in [2.45, 2.75) is 19.9 Å². The third-order valence-corrected chi connectivity index (χ3v) is 3.60. The second-order valence-electron chi connectivity index (χ2n) is 5.93. The summed E-state index contributed by atoms with van der Waals surface area (Å²) in [5.74, 6) is -0.779. The van der Waals surface area contributed by atoms with Crippen LogP contribution in [0.25, 0.3) is 0 Å². The molecule has 0 fully saturated rings. The summed E-state index contributed by atoms with van der Waals surface area (Å²) in [6, 6.07) is 13.1. The van der Waals surface area contributed by atoms with E-state index in [1.165, 1.54) is 0 Å². The number of hydrogen-bond acceptors (Lipinski definition) is 4. The molecule has 7 nitrogen and oxygen atoms in total. The molecule has 0 saturated heterocycles. The van der Waals surface area contributed by atoms with Gasteiger partial charge < -0.3 is 10.6 Å².